The van der Waals surface area contributed by atoms with Gasteiger partial charge in [-0.05, 0) is 40.9 Å². The van der Waals surface area contributed by atoms with E-state index in [0.29, 0.717) is 5.75 Å². The van der Waals surface area contributed by atoms with Crippen LogP contribution in [0.1, 0.15) is 51.5 Å². The molecule has 0 aliphatic rings. The van der Waals surface area contributed by atoms with Gasteiger partial charge in [-0.2, -0.15) is 0 Å². The molecule has 19 heavy (non-hydrogen) atoms. The fraction of sp³-hybridized carbons (Fsp3) is 0.625. The monoisotopic (exact) mass is 327 g/mol. The zero-order chi connectivity index (χ0) is 14.1. The zero-order valence-corrected chi connectivity index (χ0v) is 13.7. The first-order valence-electron chi connectivity index (χ1n) is 7.28. The molecule has 0 radical (unpaired) electrons. The number of aromatic hydroxyl groups is 1. The molecule has 0 aliphatic carbocycles. The lowest BCUT2D eigenvalue weighted by Gasteiger charge is -2.08. The summed E-state index contributed by atoms with van der Waals surface area (Å²) in [5.41, 5.74) is 0.953. The van der Waals surface area contributed by atoms with Crippen LogP contribution in [0.25, 0.3) is 0 Å². The molecule has 0 spiro atoms. The number of nitrogens with one attached hydrogen (secondary N) is 1. The predicted octanol–water partition coefficient (Wildman–Crippen LogP) is 4.85. The van der Waals surface area contributed by atoms with Crippen LogP contribution in [0.2, 0.25) is 0 Å². The molecule has 0 aromatic heterocycles. The Labute approximate surface area is 125 Å². The van der Waals surface area contributed by atoms with E-state index in [1.165, 1.54) is 32.1 Å². The summed E-state index contributed by atoms with van der Waals surface area (Å²) in [5.74, 6) is 1.18. The van der Waals surface area contributed by atoms with Gasteiger partial charge in [-0.1, -0.05) is 51.7 Å². The lowest BCUT2D eigenvalue weighted by atomic mass is 10.0. The predicted molar refractivity (Wildman–Crippen MR) is 85.4 cm³/mol. The van der Waals surface area contributed by atoms with Crippen LogP contribution in [0.4, 0.5) is 0 Å². The number of benzene rings is 1. The van der Waals surface area contributed by atoms with Crippen LogP contribution in [-0.4, -0.2) is 11.7 Å². The van der Waals surface area contributed by atoms with Crippen LogP contribution in [0.3, 0.4) is 0 Å². The van der Waals surface area contributed by atoms with Crippen LogP contribution in [0, 0.1) is 5.92 Å². The first-order valence-corrected chi connectivity index (χ1v) is 8.07. The molecule has 0 saturated carbocycles. The first-order chi connectivity index (χ1) is 9.11. The average molecular weight is 328 g/mol. The SMILES string of the molecule is CC(C)CCCCCCNCc1cccc(Br)c1O. The minimum absolute atomic E-state index is 0.354. The molecule has 3 heteroatoms. The van der Waals surface area contributed by atoms with Crippen LogP contribution >= 0.6 is 15.9 Å². The van der Waals surface area contributed by atoms with E-state index < -0.39 is 0 Å². The van der Waals surface area contributed by atoms with Gasteiger partial charge in [-0.15, -0.1) is 0 Å². The summed E-state index contributed by atoms with van der Waals surface area (Å²) in [7, 11) is 0. The summed E-state index contributed by atoms with van der Waals surface area (Å²) in [6.07, 6.45) is 6.54. The molecular weight excluding hydrogens is 302 g/mol. The van der Waals surface area contributed by atoms with Crippen molar-refractivity contribution in [2.75, 3.05) is 6.54 Å². The van der Waals surface area contributed by atoms with E-state index in [1.807, 2.05) is 18.2 Å². The Kier molecular flexibility index (Phi) is 8.15. The molecule has 2 nitrogen and oxygen atoms in total. The normalized spacial score (nSPS) is 11.2. The van der Waals surface area contributed by atoms with Crippen molar-refractivity contribution in [1.29, 1.82) is 0 Å². The van der Waals surface area contributed by atoms with Gasteiger partial charge in [-0.3, -0.25) is 0 Å². The standard InChI is InChI=1S/C16H26BrNO/c1-13(2)8-5-3-4-6-11-18-12-14-9-7-10-15(17)16(14)19/h7,9-10,13,18-19H,3-6,8,11-12H2,1-2H3. The molecule has 0 aliphatic heterocycles. The number of phenolic OH excluding ortho intramolecular Hbond substituents is 1. The van der Waals surface area contributed by atoms with Crippen molar-refractivity contribution in [3.63, 3.8) is 0 Å². The van der Waals surface area contributed by atoms with Crippen molar-refractivity contribution >= 4 is 15.9 Å². The minimum atomic E-state index is 0.354. The summed E-state index contributed by atoms with van der Waals surface area (Å²) in [6.45, 7) is 6.32. The van der Waals surface area contributed by atoms with E-state index in [0.717, 1.165) is 29.0 Å². The van der Waals surface area contributed by atoms with Crippen molar-refractivity contribution in [1.82, 2.24) is 5.32 Å². The molecule has 0 saturated heterocycles. The third-order valence-electron chi connectivity index (χ3n) is 3.27. The largest absolute Gasteiger partial charge is 0.506 e. The fourth-order valence-corrected chi connectivity index (χ4v) is 2.49. The van der Waals surface area contributed by atoms with E-state index in [4.69, 9.17) is 0 Å². The Bertz CT molecular complexity index is 366. The van der Waals surface area contributed by atoms with Crippen LogP contribution < -0.4 is 5.32 Å². The highest BCUT2D eigenvalue weighted by Crippen LogP contribution is 2.27. The zero-order valence-electron chi connectivity index (χ0n) is 12.1. The maximum Gasteiger partial charge on any atom is 0.134 e. The smallest absolute Gasteiger partial charge is 0.134 e. The van der Waals surface area contributed by atoms with Crippen molar-refractivity contribution < 1.29 is 5.11 Å². The highest BCUT2D eigenvalue weighted by molar-refractivity contribution is 9.10. The Balaban J connectivity index is 2.06. The third kappa shape index (κ3) is 6.98. The number of hydrogen-bond donors (Lipinski definition) is 2. The molecule has 0 amide bonds. The fourth-order valence-electron chi connectivity index (χ4n) is 2.08. The Morgan fingerprint density at radius 1 is 1.16 bits per heavy atom. The van der Waals surface area contributed by atoms with E-state index in [-0.39, 0.29) is 0 Å². The van der Waals surface area contributed by atoms with Gasteiger partial charge in [0.2, 0.25) is 0 Å². The second kappa shape index (κ2) is 9.38. The highest BCUT2D eigenvalue weighted by Gasteiger charge is 2.03. The topological polar surface area (TPSA) is 32.3 Å². The van der Waals surface area contributed by atoms with Crippen LogP contribution in [0.5, 0.6) is 5.75 Å². The average Bonchev–Trinajstić information content (AvgIpc) is 2.37. The second-order valence-electron chi connectivity index (χ2n) is 5.52. The summed E-state index contributed by atoms with van der Waals surface area (Å²) in [6, 6.07) is 5.76. The molecule has 0 unspecified atom stereocenters. The Morgan fingerprint density at radius 2 is 1.89 bits per heavy atom. The molecule has 1 rings (SSSR count). The van der Waals surface area contributed by atoms with Gasteiger partial charge < -0.3 is 10.4 Å². The molecule has 1 aromatic rings. The van der Waals surface area contributed by atoms with Gasteiger partial charge in [0.05, 0.1) is 4.47 Å². The summed E-state index contributed by atoms with van der Waals surface area (Å²) < 4.78 is 0.764. The number of halogens is 1. The van der Waals surface area contributed by atoms with E-state index >= 15 is 0 Å². The van der Waals surface area contributed by atoms with Gasteiger partial charge in [0, 0.05) is 12.1 Å². The molecule has 0 heterocycles. The minimum Gasteiger partial charge on any atom is -0.506 e. The quantitative estimate of drug-likeness (QED) is 0.635. The number of hydrogen-bond acceptors (Lipinski definition) is 2. The van der Waals surface area contributed by atoms with Crippen molar-refractivity contribution in [3.8, 4) is 5.75 Å². The first kappa shape index (κ1) is 16.5. The van der Waals surface area contributed by atoms with Gasteiger partial charge in [0.1, 0.15) is 5.75 Å². The van der Waals surface area contributed by atoms with Crippen molar-refractivity contribution in [2.45, 2.75) is 52.5 Å². The van der Waals surface area contributed by atoms with Crippen LogP contribution in [-0.2, 0) is 6.54 Å². The summed E-state index contributed by atoms with van der Waals surface area (Å²) in [5, 5.41) is 13.2. The summed E-state index contributed by atoms with van der Waals surface area (Å²) in [4.78, 5) is 0. The molecule has 0 fully saturated rings. The summed E-state index contributed by atoms with van der Waals surface area (Å²) >= 11 is 3.33. The maximum atomic E-state index is 9.84. The van der Waals surface area contributed by atoms with Gasteiger partial charge in [0.15, 0.2) is 0 Å². The Hall–Kier alpha value is -0.540. The van der Waals surface area contributed by atoms with Gasteiger partial charge >= 0.3 is 0 Å². The maximum absolute atomic E-state index is 9.84. The van der Waals surface area contributed by atoms with Crippen LogP contribution in [0.15, 0.2) is 22.7 Å². The number of para-hydroxylation sites is 1. The molecular formula is C16H26BrNO. The molecule has 108 valence electrons. The second-order valence-corrected chi connectivity index (χ2v) is 6.38. The lowest BCUT2D eigenvalue weighted by molar-refractivity contribution is 0.460. The highest BCUT2D eigenvalue weighted by atomic mass is 79.9. The van der Waals surface area contributed by atoms with Crippen molar-refractivity contribution in [3.05, 3.63) is 28.2 Å². The Morgan fingerprint density at radius 3 is 2.63 bits per heavy atom. The molecule has 0 atom stereocenters. The lowest BCUT2D eigenvalue weighted by Crippen LogP contribution is -2.14. The molecule has 2 N–H and O–H groups in total. The van der Waals surface area contributed by atoms with Crippen molar-refractivity contribution in [2.24, 2.45) is 5.92 Å². The number of rotatable bonds is 9. The number of phenols is 1. The third-order valence-corrected chi connectivity index (χ3v) is 3.91. The van der Waals surface area contributed by atoms with Gasteiger partial charge in [0.25, 0.3) is 0 Å². The molecule has 0 bridgehead atoms. The van der Waals surface area contributed by atoms with Gasteiger partial charge in [-0.25, -0.2) is 0 Å². The van der Waals surface area contributed by atoms with E-state index in [1.54, 1.807) is 0 Å². The number of unbranched alkanes of at least 4 members (excludes halogenated alkanes) is 3. The molecule has 1 aromatic carbocycles. The van der Waals surface area contributed by atoms with E-state index in [9.17, 15) is 5.11 Å². The van der Waals surface area contributed by atoms with E-state index in [2.05, 4.69) is 35.1 Å².